The molecule has 0 atom stereocenters. The van der Waals surface area contributed by atoms with Gasteiger partial charge in [0.1, 0.15) is 11.5 Å². The molecule has 0 aromatic heterocycles. The first-order valence-electron chi connectivity index (χ1n) is 9.48. The molecule has 4 aromatic rings. The monoisotopic (exact) mass is 450 g/mol. The van der Waals surface area contributed by atoms with Crippen LogP contribution in [0, 0.1) is 0 Å². The molecule has 0 spiro atoms. The second kappa shape index (κ2) is 10.8. The summed E-state index contributed by atoms with van der Waals surface area (Å²) in [7, 11) is -4.04. The number of hydrogen-bond donors (Lipinski definition) is 0. The van der Waals surface area contributed by atoms with Gasteiger partial charge in [0.2, 0.25) is 0 Å². The van der Waals surface area contributed by atoms with Gasteiger partial charge in [-0.3, -0.25) is 0 Å². The van der Waals surface area contributed by atoms with Gasteiger partial charge in [0.05, 0.1) is 21.0 Å². The Morgan fingerprint density at radius 2 is 0.903 bits per heavy atom. The second-order valence-electron chi connectivity index (χ2n) is 6.52. The van der Waals surface area contributed by atoms with Crippen LogP contribution in [-0.4, -0.2) is 19.2 Å². The predicted molar refractivity (Wildman–Crippen MR) is 124 cm³/mol. The highest BCUT2D eigenvalue weighted by Crippen LogP contribution is 2.32. The maximum absolute atomic E-state index is 9.08. The van der Waals surface area contributed by atoms with Crippen LogP contribution < -0.4 is 4.74 Å². The van der Waals surface area contributed by atoms with Crippen molar-refractivity contribution in [1.29, 1.82) is 0 Å². The number of rotatable bonds is 5. The molecule has 31 heavy (non-hydrogen) atoms. The van der Waals surface area contributed by atoms with Crippen molar-refractivity contribution < 1.29 is 17.7 Å². The number of benzene rings is 4. The molecule has 0 saturated heterocycles. The van der Waals surface area contributed by atoms with Gasteiger partial charge in [0.15, 0.2) is 14.7 Å². The molecule has 0 heterocycles. The van der Waals surface area contributed by atoms with E-state index in [0.29, 0.717) is 6.26 Å². The Bertz CT molecular complexity index is 1120. The largest absolute Gasteiger partial charge is 0.748 e. The van der Waals surface area contributed by atoms with Crippen LogP contribution in [0.5, 0.6) is 11.5 Å². The summed E-state index contributed by atoms with van der Waals surface area (Å²) in [5.41, 5.74) is 0. The zero-order valence-corrected chi connectivity index (χ0v) is 18.6. The number of para-hydroxylation sites is 1. The molecule has 0 N–H and O–H groups in total. The van der Waals surface area contributed by atoms with Crippen molar-refractivity contribution in [2.45, 2.75) is 14.7 Å². The Morgan fingerprint density at radius 3 is 1.32 bits per heavy atom. The number of hydrogen-bond acceptors (Lipinski definition) is 4. The van der Waals surface area contributed by atoms with E-state index in [1.807, 2.05) is 42.5 Å². The van der Waals surface area contributed by atoms with E-state index in [0.717, 1.165) is 11.5 Å². The highest BCUT2D eigenvalue weighted by Gasteiger charge is 2.28. The highest BCUT2D eigenvalue weighted by molar-refractivity contribution is 7.97. The molecule has 0 saturated carbocycles. The normalized spacial score (nSPS) is 10.8. The van der Waals surface area contributed by atoms with Crippen molar-refractivity contribution in [1.82, 2.24) is 0 Å². The molecule has 4 aromatic carbocycles. The molecule has 0 fully saturated rings. The highest BCUT2D eigenvalue weighted by atomic mass is 32.2. The van der Waals surface area contributed by atoms with Crippen LogP contribution >= 0.6 is 0 Å². The van der Waals surface area contributed by atoms with Gasteiger partial charge in [0, 0.05) is 6.26 Å². The Hall–Kier alpha value is -3.06. The summed E-state index contributed by atoms with van der Waals surface area (Å²) in [5.74, 6) is 1.70. The first-order chi connectivity index (χ1) is 14.9. The summed E-state index contributed by atoms with van der Waals surface area (Å²) in [4.78, 5) is 3.91. The van der Waals surface area contributed by atoms with Crippen LogP contribution in [0.4, 0.5) is 0 Å². The zero-order chi connectivity index (χ0) is 22.1. The van der Waals surface area contributed by atoms with Crippen LogP contribution in [0.25, 0.3) is 0 Å². The summed E-state index contributed by atoms with van der Waals surface area (Å²) in [6.45, 7) is 0. The Labute approximate surface area is 186 Å². The van der Waals surface area contributed by atoms with E-state index in [1.165, 1.54) is 14.7 Å². The third-order valence-electron chi connectivity index (χ3n) is 4.00. The van der Waals surface area contributed by atoms with Crippen molar-refractivity contribution in [3.63, 3.8) is 0 Å². The average molecular weight is 451 g/mol. The fourth-order valence-corrected chi connectivity index (χ4v) is 4.87. The molecule has 4 nitrogen and oxygen atoms in total. The summed E-state index contributed by atoms with van der Waals surface area (Å²) < 4.78 is 33.2. The van der Waals surface area contributed by atoms with E-state index in [4.69, 9.17) is 17.7 Å². The molecule has 0 aliphatic carbocycles. The molecule has 0 bridgehead atoms. The van der Waals surface area contributed by atoms with E-state index in [9.17, 15) is 0 Å². The maximum atomic E-state index is 9.08. The van der Waals surface area contributed by atoms with Crippen molar-refractivity contribution in [3.05, 3.63) is 115 Å². The van der Waals surface area contributed by atoms with Crippen LogP contribution in [0.2, 0.25) is 0 Å². The summed E-state index contributed by atoms with van der Waals surface area (Å²) >= 11 is 0. The molecule has 0 aliphatic heterocycles. The van der Waals surface area contributed by atoms with Crippen molar-refractivity contribution in [2.75, 3.05) is 6.26 Å². The lowest BCUT2D eigenvalue weighted by atomic mass is 10.3. The molecule has 4 rings (SSSR count). The minimum absolute atomic E-state index is 0.125. The van der Waals surface area contributed by atoms with Gasteiger partial charge in [-0.25, -0.2) is 8.42 Å². The minimum Gasteiger partial charge on any atom is -0.748 e. The summed E-state index contributed by atoms with van der Waals surface area (Å²) in [6.07, 6.45) is 0.604. The van der Waals surface area contributed by atoms with Crippen molar-refractivity contribution in [2.24, 2.45) is 0 Å². The quantitative estimate of drug-likeness (QED) is 0.287. The van der Waals surface area contributed by atoms with Crippen LogP contribution in [-0.2, 0) is 21.0 Å². The molecule has 0 amide bonds. The van der Waals surface area contributed by atoms with E-state index < -0.39 is 10.1 Å². The van der Waals surface area contributed by atoms with E-state index in [1.54, 1.807) is 0 Å². The van der Waals surface area contributed by atoms with Crippen LogP contribution in [0.15, 0.2) is 130 Å². The third-order valence-corrected chi connectivity index (χ3v) is 6.23. The summed E-state index contributed by atoms with van der Waals surface area (Å²) in [5, 5.41) is 0. The SMILES string of the molecule is CS(=O)(=O)[O-].c1ccc(Oc2ccc([S+](c3ccccc3)c3ccccc3)cc2)cc1. The van der Waals surface area contributed by atoms with Gasteiger partial charge >= 0.3 is 0 Å². The second-order valence-corrected chi connectivity index (χ2v) is 9.96. The predicted octanol–water partition coefficient (Wildman–Crippen LogP) is 5.74. The van der Waals surface area contributed by atoms with Gasteiger partial charge in [-0.05, 0) is 60.7 Å². The molecule has 0 radical (unpaired) electrons. The van der Waals surface area contributed by atoms with Gasteiger partial charge in [-0.1, -0.05) is 54.6 Å². The minimum atomic E-state index is -3.92. The van der Waals surface area contributed by atoms with Gasteiger partial charge in [-0.15, -0.1) is 0 Å². The van der Waals surface area contributed by atoms with Crippen LogP contribution in [0.1, 0.15) is 0 Å². The molecule has 0 unspecified atom stereocenters. The lowest BCUT2D eigenvalue weighted by Crippen LogP contribution is -2.04. The zero-order valence-electron chi connectivity index (χ0n) is 16.9. The van der Waals surface area contributed by atoms with Gasteiger partial charge < -0.3 is 9.29 Å². The molecule has 0 aliphatic rings. The van der Waals surface area contributed by atoms with Gasteiger partial charge in [-0.2, -0.15) is 0 Å². The Kier molecular flexibility index (Phi) is 7.89. The smallest absolute Gasteiger partial charge is 0.166 e. The van der Waals surface area contributed by atoms with Crippen molar-refractivity contribution in [3.8, 4) is 11.5 Å². The molecule has 6 heteroatoms. The lowest BCUT2D eigenvalue weighted by molar-refractivity contribution is 0.470. The van der Waals surface area contributed by atoms with Crippen molar-refractivity contribution >= 4 is 21.0 Å². The molecular formula is C25H22O4S2. The van der Waals surface area contributed by atoms with Gasteiger partial charge in [0.25, 0.3) is 0 Å². The fourth-order valence-electron chi connectivity index (χ4n) is 2.79. The maximum Gasteiger partial charge on any atom is 0.166 e. The Morgan fingerprint density at radius 1 is 0.581 bits per heavy atom. The first kappa shape index (κ1) is 22.6. The topological polar surface area (TPSA) is 66.4 Å². The number of ether oxygens (including phenoxy) is 1. The van der Waals surface area contributed by atoms with Crippen LogP contribution in [0.3, 0.4) is 0 Å². The fraction of sp³-hybridized carbons (Fsp3) is 0.0400. The molecular weight excluding hydrogens is 428 g/mol. The third kappa shape index (κ3) is 7.61. The lowest BCUT2D eigenvalue weighted by Gasteiger charge is -2.09. The first-order valence-corrected chi connectivity index (χ1v) is 12.5. The summed E-state index contributed by atoms with van der Waals surface area (Å²) in [6, 6.07) is 39.6. The van der Waals surface area contributed by atoms with E-state index in [2.05, 4.69) is 72.8 Å². The average Bonchev–Trinajstić information content (AvgIpc) is 2.76. The van der Waals surface area contributed by atoms with E-state index in [-0.39, 0.29) is 10.9 Å². The Balaban J connectivity index is 0.000000491. The molecule has 158 valence electrons. The van der Waals surface area contributed by atoms with E-state index >= 15 is 0 Å². The standard InChI is InChI=1S/C24H19OS.CH4O3S/c1-4-10-20(11-5-1)25-21-16-18-24(19-17-21)26(22-12-6-2-7-13-22)23-14-8-3-9-15-23;1-5(2,3)4/h1-19H;1H3,(H,2,3,4)/q+1;/p-1.